The summed E-state index contributed by atoms with van der Waals surface area (Å²) in [6.45, 7) is 4.36. The SMILES string of the molecule is Cc1ccc2c(=O)c(-c3nc(-c4ccccc4C)no3)cn(CC(=O)NCCCc3ccccc3)c2n1. The Balaban J connectivity index is 1.41. The molecule has 0 spiro atoms. The van der Waals surface area contributed by atoms with Crippen molar-refractivity contribution in [2.45, 2.75) is 33.2 Å². The number of aromatic nitrogens is 4. The van der Waals surface area contributed by atoms with E-state index >= 15 is 0 Å². The molecule has 8 nitrogen and oxygen atoms in total. The largest absolute Gasteiger partial charge is 0.355 e. The van der Waals surface area contributed by atoms with Crippen molar-refractivity contribution < 1.29 is 9.32 Å². The number of benzene rings is 2. The molecule has 1 N–H and O–H groups in total. The zero-order chi connectivity index (χ0) is 25.8. The number of hydrogen-bond donors (Lipinski definition) is 1. The number of amides is 1. The summed E-state index contributed by atoms with van der Waals surface area (Å²) < 4.78 is 7.17. The van der Waals surface area contributed by atoms with Crippen LogP contribution in [0, 0.1) is 13.8 Å². The van der Waals surface area contributed by atoms with Crippen LogP contribution in [0.4, 0.5) is 0 Å². The minimum Gasteiger partial charge on any atom is -0.355 e. The Morgan fingerprint density at radius 3 is 2.54 bits per heavy atom. The van der Waals surface area contributed by atoms with E-state index in [2.05, 4.69) is 32.6 Å². The molecule has 3 heterocycles. The predicted molar refractivity (Wildman–Crippen MR) is 142 cm³/mol. The van der Waals surface area contributed by atoms with Gasteiger partial charge < -0.3 is 14.4 Å². The zero-order valence-electron chi connectivity index (χ0n) is 20.8. The fourth-order valence-corrected chi connectivity index (χ4v) is 4.27. The van der Waals surface area contributed by atoms with Crippen molar-refractivity contribution in [2.24, 2.45) is 0 Å². The number of nitrogens with one attached hydrogen (secondary N) is 1. The summed E-state index contributed by atoms with van der Waals surface area (Å²) in [5.41, 5.74) is 4.18. The van der Waals surface area contributed by atoms with Crippen LogP contribution >= 0.6 is 0 Å². The molecule has 0 saturated carbocycles. The molecule has 0 aliphatic rings. The van der Waals surface area contributed by atoms with Crippen molar-refractivity contribution in [1.29, 1.82) is 0 Å². The first-order chi connectivity index (χ1) is 18.0. The van der Waals surface area contributed by atoms with Gasteiger partial charge in [-0.3, -0.25) is 9.59 Å². The highest BCUT2D eigenvalue weighted by molar-refractivity contribution is 5.83. The lowest BCUT2D eigenvalue weighted by Crippen LogP contribution is -2.29. The minimum absolute atomic E-state index is 0.00432. The van der Waals surface area contributed by atoms with Crippen molar-refractivity contribution in [2.75, 3.05) is 6.54 Å². The third-order valence-electron chi connectivity index (χ3n) is 6.22. The van der Waals surface area contributed by atoms with Gasteiger partial charge in [0.05, 0.1) is 5.39 Å². The van der Waals surface area contributed by atoms with Crippen LogP contribution in [0.25, 0.3) is 33.9 Å². The normalized spacial score (nSPS) is 11.1. The van der Waals surface area contributed by atoms with Gasteiger partial charge in [0.25, 0.3) is 5.89 Å². The standard InChI is InChI=1S/C29H27N5O3/c1-19-9-6-7-13-22(19)27-32-29(37-33-27)24-17-34(28-23(26(24)36)15-14-20(2)31-28)18-25(35)30-16-8-12-21-10-4-3-5-11-21/h3-7,9-11,13-15,17H,8,12,16,18H2,1-2H3,(H,30,35). The van der Waals surface area contributed by atoms with Gasteiger partial charge >= 0.3 is 0 Å². The highest BCUT2D eigenvalue weighted by atomic mass is 16.5. The average molecular weight is 494 g/mol. The molecular formula is C29H27N5O3. The minimum atomic E-state index is -0.276. The Kier molecular flexibility index (Phi) is 6.89. The van der Waals surface area contributed by atoms with Crippen molar-refractivity contribution >= 4 is 16.9 Å². The third-order valence-corrected chi connectivity index (χ3v) is 6.22. The van der Waals surface area contributed by atoms with Crippen LogP contribution in [0.2, 0.25) is 0 Å². The van der Waals surface area contributed by atoms with E-state index in [0.29, 0.717) is 23.4 Å². The van der Waals surface area contributed by atoms with Gasteiger partial charge in [-0.2, -0.15) is 4.98 Å². The quantitative estimate of drug-likeness (QED) is 0.320. The number of nitrogens with zero attached hydrogens (tertiary/aromatic N) is 4. The highest BCUT2D eigenvalue weighted by Crippen LogP contribution is 2.24. The van der Waals surface area contributed by atoms with Gasteiger partial charge in [-0.15, -0.1) is 0 Å². The van der Waals surface area contributed by atoms with Gasteiger partial charge in [-0.1, -0.05) is 59.8 Å². The molecule has 3 aromatic heterocycles. The Bertz CT molecular complexity index is 1620. The van der Waals surface area contributed by atoms with E-state index in [1.807, 2.05) is 56.3 Å². The van der Waals surface area contributed by atoms with Crippen molar-refractivity contribution in [3.63, 3.8) is 0 Å². The van der Waals surface area contributed by atoms with Gasteiger partial charge in [0.15, 0.2) is 0 Å². The van der Waals surface area contributed by atoms with Gasteiger partial charge in [-0.25, -0.2) is 4.98 Å². The van der Waals surface area contributed by atoms with Crippen LogP contribution in [-0.4, -0.2) is 32.1 Å². The van der Waals surface area contributed by atoms with Crippen LogP contribution < -0.4 is 10.7 Å². The smallest absolute Gasteiger partial charge is 0.263 e. The zero-order valence-corrected chi connectivity index (χ0v) is 20.8. The number of aryl methyl sites for hydroxylation is 3. The summed E-state index contributed by atoms with van der Waals surface area (Å²) in [7, 11) is 0. The van der Waals surface area contributed by atoms with Crippen LogP contribution in [0.3, 0.4) is 0 Å². The lowest BCUT2D eigenvalue weighted by molar-refractivity contribution is -0.121. The maximum absolute atomic E-state index is 13.4. The molecule has 0 fully saturated rings. The molecule has 186 valence electrons. The molecular weight excluding hydrogens is 466 g/mol. The monoisotopic (exact) mass is 493 g/mol. The first-order valence-corrected chi connectivity index (χ1v) is 12.2. The molecule has 0 unspecified atom stereocenters. The molecule has 0 aliphatic heterocycles. The Labute approximate surface area is 214 Å². The van der Waals surface area contributed by atoms with Gasteiger partial charge in [0.2, 0.25) is 17.2 Å². The van der Waals surface area contributed by atoms with E-state index in [1.54, 1.807) is 22.9 Å². The summed E-state index contributed by atoms with van der Waals surface area (Å²) >= 11 is 0. The first kappa shape index (κ1) is 24.1. The van der Waals surface area contributed by atoms with E-state index < -0.39 is 0 Å². The Hall–Kier alpha value is -4.59. The number of hydrogen-bond acceptors (Lipinski definition) is 6. The predicted octanol–water partition coefficient (Wildman–Crippen LogP) is 4.48. The lowest BCUT2D eigenvalue weighted by atomic mass is 10.1. The Morgan fingerprint density at radius 2 is 1.73 bits per heavy atom. The molecule has 5 aromatic rings. The molecule has 1 amide bonds. The first-order valence-electron chi connectivity index (χ1n) is 12.2. The fourth-order valence-electron chi connectivity index (χ4n) is 4.27. The topological polar surface area (TPSA) is 103 Å². The molecule has 0 radical (unpaired) electrons. The number of carbonyl (C=O) groups is 1. The molecule has 2 aromatic carbocycles. The van der Waals surface area contributed by atoms with Crippen molar-refractivity contribution in [1.82, 2.24) is 25.0 Å². The second-order valence-electron chi connectivity index (χ2n) is 9.00. The number of carbonyl (C=O) groups excluding carboxylic acids is 1. The van der Waals surface area contributed by atoms with Crippen LogP contribution in [-0.2, 0) is 17.8 Å². The maximum atomic E-state index is 13.4. The lowest BCUT2D eigenvalue weighted by Gasteiger charge is -2.12. The summed E-state index contributed by atoms with van der Waals surface area (Å²) in [5.74, 6) is 0.332. The summed E-state index contributed by atoms with van der Waals surface area (Å²) in [6, 6.07) is 21.3. The van der Waals surface area contributed by atoms with Gasteiger partial charge in [0, 0.05) is 24.0 Å². The second kappa shape index (κ2) is 10.6. The Morgan fingerprint density at radius 1 is 0.946 bits per heavy atom. The fraction of sp³-hybridized carbons (Fsp3) is 0.207. The second-order valence-corrected chi connectivity index (χ2v) is 9.00. The summed E-state index contributed by atoms with van der Waals surface area (Å²) in [4.78, 5) is 35.2. The number of fused-ring (bicyclic) bond motifs is 1. The molecule has 37 heavy (non-hydrogen) atoms. The van der Waals surface area contributed by atoms with E-state index in [1.165, 1.54) is 5.56 Å². The summed E-state index contributed by atoms with van der Waals surface area (Å²) in [6.07, 6.45) is 3.29. The van der Waals surface area contributed by atoms with Crippen molar-refractivity contribution in [3.8, 4) is 22.8 Å². The number of pyridine rings is 2. The molecule has 8 heteroatoms. The van der Waals surface area contributed by atoms with Crippen LogP contribution in [0.5, 0.6) is 0 Å². The van der Waals surface area contributed by atoms with Gasteiger partial charge in [-0.05, 0) is 49.9 Å². The molecule has 0 saturated heterocycles. The van der Waals surface area contributed by atoms with E-state index in [4.69, 9.17) is 4.52 Å². The highest BCUT2D eigenvalue weighted by Gasteiger charge is 2.19. The van der Waals surface area contributed by atoms with E-state index in [-0.39, 0.29) is 29.3 Å². The molecule has 0 atom stereocenters. The average Bonchev–Trinajstić information content (AvgIpc) is 3.39. The third kappa shape index (κ3) is 5.33. The van der Waals surface area contributed by atoms with E-state index in [0.717, 1.165) is 29.7 Å². The molecule has 0 bridgehead atoms. The molecule has 0 aliphatic carbocycles. The van der Waals surface area contributed by atoms with Crippen molar-refractivity contribution in [3.05, 3.63) is 100.0 Å². The summed E-state index contributed by atoms with van der Waals surface area (Å²) in [5, 5.41) is 7.45. The number of rotatable bonds is 8. The van der Waals surface area contributed by atoms with Crippen LogP contribution in [0.15, 0.2) is 82.2 Å². The van der Waals surface area contributed by atoms with Crippen LogP contribution in [0.1, 0.15) is 23.2 Å². The maximum Gasteiger partial charge on any atom is 0.263 e. The van der Waals surface area contributed by atoms with Gasteiger partial charge in [0.1, 0.15) is 17.8 Å². The molecule has 5 rings (SSSR count). The van der Waals surface area contributed by atoms with E-state index in [9.17, 15) is 9.59 Å².